The van der Waals surface area contributed by atoms with Gasteiger partial charge in [0, 0.05) is 33.2 Å². The Morgan fingerprint density at radius 2 is 0.895 bits per heavy atom. The van der Waals surface area contributed by atoms with Gasteiger partial charge in [-0.3, -0.25) is 0 Å². The molecule has 0 spiro atoms. The monoisotopic (exact) mass is 728 g/mol. The molecule has 11 rings (SSSR count). The molecule has 57 heavy (non-hydrogen) atoms. The van der Waals surface area contributed by atoms with E-state index in [0.717, 1.165) is 17.1 Å². The van der Waals surface area contributed by atoms with Crippen molar-refractivity contribution in [3.8, 4) is 16.8 Å². The van der Waals surface area contributed by atoms with E-state index in [1.54, 1.807) is 0 Å². The van der Waals surface area contributed by atoms with Gasteiger partial charge in [0.05, 0.1) is 22.1 Å². The average molecular weight is 729 g/mol. The molecule has 0 N–H and O–H groups in total. The van der Waals surface area contributed by atoms with Gasteiger partial charge in [0.25, 0.3) is 0 Å². The van der Waals surface area contributed by atoms with Crippen LogP contribution in [0.25, 0.3) is 49.4 Å². The zero-order valence-corrected chi connectivity index (χ0v) is 32.0. The van der Waals surface area contributed by atoms with Crippen molar-refractivity contribution in [1.29, 1.82) is 0 Å². The van der Waals surface area contributed by atoms with Gasteiger partial charge in [0.15, 0.2) is 0 Å². The molecule has 1 aliphatic carbocycles. The predicted octanol–water partition coefficient (Wildman–Crippen LogP) is 14.4. The lowest BCUT2D eigenvalue weighted by Crippen LogP contribution is -2.29. The normalized spacial score (nSPS) is 12.9. The zero-order valence-electron chi connectivity index (χ0n) is 32.0. The average Bonchev–Trinajstić information content (AvgIpc) is 3.76. The summed E-state index contributed by atoms with van der Waals surface area (Å²) in [5.74, 6) is 0. The van der Waals surface area contributed by atoms with Crippen molar-refractivity contribution in [3.05, 3.63) is 240 Å². The van der Waals surface area contributed by atoms with Gasteiger partial charge in [-0.15, -0.1) is 0 Å². The number of aryl methyl sites for hydroxylation is 2. The van der Waals surface area contributed by atoms with Crippen LogP contribution in [-0.2, 0) is 5.41 Å². The molecule has 2 heteroatoms. The minimum atomic E-state index is -0.619. The lowest BCUT2D eigenvalue weighted by molar-refractivity contribution is 0.768. The molecule has 0 unspecified atom stereocenters. The molecule has 2 nitrogen and oxygen atoms in total. The summed E-state index contributed by atoms with van der Waals surface area (Å²) in [6.45, 7) is 4.39. The smallest absolute Gasteiger partial charge is 0.0715 e. The number of hydrogen-bond donors (Lipinski definition) is 0. The molecule has 270 valence electrons. The fourth-order valence-electron chi connectivity index (χ4n) is 9.71. The quantitative estimate of drug-likeness (QED) is 0.165. The van der Waals surface area contributed by atoms with Crippen LogP contribution in [-0.4, -0.2) is 4.57 Å². The highest BCUT2D eigenvalue weighted by Gasteiger charge is 2.47. The predicted molar refractivity (Wildman–Crippen MR) is 240 cm³/mol. The highest BCUT2D eigenvalue weighted by Crippen LogP contribution is 2.60. The third kappa shape index (κ3) is 4.90. The molecule has 0 saturated heterocycles. The Hall–Kier alpha value is -7.16. The van der Waals surface area contributed by atoms with Crippen LogP contribution in [0.3, 0.4) is 0 Å². The molecular weight excluding hydrogens is 689 g/mol. The molecule has 0 bridgehead atoms. The summed E-state index contributed by atoms with van der Waals surface area (Å²) in [6.07, 6.45) is 0. The SMILES string of the molecule is Cc1ccc(N(c2ccccc2)c2ccc3c(c2)C(c2ccccc2)(c2ccccc2)c2cc(-n4c5ccccc5c5ccccc54)c4ccccc4c2-3)cc1C. The second-order valence-corrected chi connectivity index (χ2v) is 15.4. The van der Waals surface area contributed by atoms with Crippen molar-refractivity contribution in [1.82, 2.24) is 4.57 Å². The van der Waals surface area contributed by atoms with E-state index in [2.05, 4.69) is 230 Å². The summed E-state index contributed by atoms with van der Waals surface area (Å²) < 4.78 is 2.50. The van der Waals surface area contributed by atoms with Crippen LogP contribution >= 0.6 is 0 Å². The van der Waals surface area contributed by atoms with Gasteiger partial charge in [-0.1, -0.05) is 152 Å². The topological polar surface area (TPSA) is 8.17 Å². The third-order valence-corrected chi connectivity index (χ3v) is 12.4. The molecule has 0 amide bonds. The zero-order chi connectivity index (χ0) is 38.1. The van der Waals surface area contributed by atoms with E-state index in [-0.39, 0.29) is 0 Å². The molecule has 0 aliphatic heterocycles. The Labute approximate surface area is 333 Å². The number of anilines is 3. The Kier molecular flexibility index (Phi) is 7.55. The second kappa shape index (κ2) is 13.0. The first kappa shape index (κ1) is 33.2. The van der Waals surface area contributed by atoms with Gasteiger partial charge in [0.2, 0.25) is 0 Å². The maximum absolute atomic E-state index is 2.52. The molecule has 0 atom stereocenters. The van der Waals surface area contributed by atoms with Crippen LogP contribution in [0, 0.1) is 13.8 Å². The summed E-state index contributed by atoms with van der Waals surface area (Å²) in [5.41, 5.74) is 16.6. The molecule has 1 aromatic heterocycles. The Morgan fingerprint density at radius 3 is 1.51 bits per heavy atom. The fraction of sp³-hybridized carbons (Fsp3) is 0.0545. The van der Waals surface area contributed by atoms with Gasteiger partial charge in [-0.05, 0) is 118 Å². The molecule has 9 aromatic carbocycles. The maximum Gasteiger partial charge on any atom is 0.0715 e. The van der Waals surface area contributed by atoms with Gasteiger partial charge in [0.1, 0.15) is 0 Å². The van der Waals surface area contributed by atoms with Crippen molar-refractivity contribution in [2.45, 2.75) is 19.3 Å². The van der Waals surface area contributed by atoms with E-state index in [1.165, 1.54) is 82.8 Å². The van der Waals surface area contributed by atoms with E-state index >= 15 is 0 Å². The largest absolute Gasteiger partial charge is 0.310 e. The van der Waals surface area contributed by atoms with Crippen molar-refractivity contribution in [2.24, 2.45) is 0 Å². The van der Waals surface area contributed by atoms with Crippen LogP contribution in [0.5, 0.6) is 0 Å². The van der Waals surface area contributed by atoms with Gasteiger partial charge in [-0.2, -0.15) is 0 Å². The van der Waals surface area contributed by atoms with Gasteiger partial charge in [-0.25, -0.2) is 0 Å². The highest BCUT2D eigenvalue weighted by atomic mass is 15.1. The molecule has 10 aromatic rings. The number of hydrogen-bond acceptors (Lipinski definition) is 1. The lowest BCUT2D eigenvalue weighted by Gasteiger charge is -2.35. The number of rotatable bonds is 6. The molecule has 1 heterocycles. The number of aromatic nitrogens is 1. The summed E-state index contributed by atoms with van der Waals surface area (Å²) in [6, 6.07) is 76.4. The Morgan fingerprint density at radius 1 is 0.386 bits per heavy atom. The first-order chi connectivity index (χ1) is 28.1. The van der Waals surface area contributed by atoms with Crippen LogP contribution in [0.2, 0.25) is 0 Å². The first-order valence-corrected chi connectivity index (χ1v) is 19.9. The van der Waals surface area contributed by atoms with Crippen LogP contribution < -0.4 is 4.90 Å². The molecule has 0 saturated carbocycles. The van der Waals surface area contributed by atoms with Crippen molar-refractivity contribution < 1.29 is 0 Å². The molecular formula is C55H40N2. The van der Waals surface area contributed by atoms with E-state index in [4.69, 9.17) is 0 Å². The van der Waals surface area contributed by atoms with E-state index in [0.29, 0.717) is 0 Å². The number of fused-ring (bicyclic) bond motifs is 8. The Bertz CT molecular complexity index is 3050. The first-order valence-electron chi connectivity index (χ1n) is 19.9. The highest BCUT2D eigenvalue weighted by molar-refractivity contribution is 6.13. The summed E-state index contributed by atoms with van der Waals surface area (Å²) in [4.78, 5) is 2.41. The summed E-state index contributed by atoms with van der Waals surface area (Å²) in [5, 5.41) is 5.00. The van der Waals surface area contributed by atoms with Crippen LogP contribution in [0.15, 0.2) is 206 Å². The van der Waals surface area contributed by atoms with Crippen molar-refractivity contribution >= 4 is 49.6 Å². The van der Waals surface area contributed by atoms with E-state index in [9.17, 15) is 0 Å². The summed E-state index contributed by atoms with van der Waals surface area (Å²) in [7, 11) is 0. The van der Waals surface area contributed by atoms with E-state index < -0.39 is 5.41 Å². The third-order valence-electron chi connectivity index (χ3n) is 12.4. The van der Waals surface area contributed by atoms with Gasteiger partial charge < -0.3 is 9.47 Å². The Balaban J connectivity index is 1.28. The maximum atomic E-state index is 2.52. The number of para-hydroxylation sites is 3. The molecule has 0 radical (unpaired) electrons. The van der Waals surface area contributed by atoms with E-state index in [1.807, 2.05) is 0 Å². The van der Waals surface area contributed by atoms with Gasteiger partial charge >= 0.3 is 0 Å². The minimum absolute atomic E-state index is 0.619. The van der Waals surface area contributed by atoms with Crippen LogP contribution in [0.1, 0.15) is 33.4 Å². The van der Waals surface area contributed by atoms with Crippen LogP contribution in [0.4, 0.5) is 17.1 Å². The van der Waals surface area contributed by atoms with Crippen molar-refractivity contribution in [2.75, 3.05) is 4.90 Å². The minimum Gasteiger partial charge on any atom is -0.310 e. The van der Waals surface area contributed by atoms with Crippen molar-refractivity contribution in [3.63, 3.8) is 0 Å². The fourth-order valence-corrected chi connectivity index (χ4v) is 9.71. The standard InChI is InChI=1S/C55H40N2/c1-37-30-31-42(34-38(37)2)56(41-22-10-5-11-23-41)43-32-33-48-49(35-43)55(39-18-6-3-7-19-39,40-20-8-4-9-21-40)50-36-53(46-26-12-13-27-47(46)54(48)50)57-51-28-16-14-24-44(51)45-25-15-17-29-52(45)57/h3-36H,1-2H3. The molecule has 0 fully saturated rings. The summed E-state index contributed by atoms with van der Waals surface area (Å²) >= 11 is 0. The second-order valence-electron chi connectivity index (χ2n) is 15.4. The number of benzene rings is 9. The molecule has 1 aliphatic rings. The number of nitrogens with zero attached hydrogens (tertiary/aromatic N) is 2. The lowest BCUT2D eigenvalue weighted by atomic mass is 9.67.